The molecule has 0 rings (SSSR count). The van der Waals surface area contributed by atoms with Gasteiger partial charge in [-0.25, -0.2) is 0 Å². The number of hydrogen-bond acceptors (Lipinski definition) is 1. The van der Waals surface area contributed by atoms with Crippen LogP contribution in [-0.2, 0) is 4.79 Å². The predicted molar refractivity (Wildman–Crippen MR) is 78.6 cm³/mol. The van der Waals surface area contributed by atoms with E-state index < -0.39 is 0 Å². The zero-order chi connectivity index (χ0) is 13.3. The minimum atomic E-state index is -0.0552. The molecule has 2 nitrogen and oxygen atoms in total. The molecule has 0 heterocycles. The summed E-state index contributed by atoms with van der Waals surface area (Å²) in [4.78, 5) is 12.2. The van der Waals surface area contributed by atoms with Crippen LogP contribution in [0.4, 0.5) is 0 Å². The highest BCUT2D eigenvalue weighted by Crippen LogP contribution is 2.20. The van der Waals surface area contributed by atoms with Crippen molar-refractivity contribution in [1.82, 2.24) is 5.32 Å². The summed E-state index contributed by atoms with van der Waals surface area (Å²) in [5.74, 6) is 0.449. The summed E-state index contributed by atoms with van der Waals surface area (Å²) in [7, 11) is 0. The van der Waals surface area contributed by atoms with Gasteiger partial charge in [0.2, 0.25) is 5.91 Å². The third-order valence-corrected chi connectivity index (χ3v) is 3.89. The first kappa shape index (κ1) is 16.9. The van der Waals surface area contributed by atoms with Crippen molar-refractivity contribution in [3.8, 4) is 0 Å². The Morgan fingerprint density at radius 3 is 2.12 bits per heavy atom. The van der Waals surface area contributed by atoms with Crippen molar-refractivity contribution in [2.45, 2.75) is 71.8 Å². The van der Waals surface area contributed by atoms with Crippen molar-refractivity contribution in [2.24, 2.45) is 5.92 Å². The SMILES string of the molecule is CCCC(CCC)C(=O)NC(C)(CC)CCBr. The van der Waals surface area contributed by atoms with Gasteiger partial charge in [0.15, 0.2) is 0 Å². The van der Waals surface area contributed by atoms with Gasteiger partial charge < -0.3 is 5.32 Å². The van der Waals surface area contributed by atoms with E-state index in [1.54, 1.807) is 0 Å². The lowest BCUT2D eigenvalue weighted by molar-refractivity contribution is -0.127. The molecule has 0 fully saturated rings. The molecular formula is C14H28BrNO. The third-order valence-electron chi connectivity index (χ3n) is 3.50. The van der Waals surface area contributed by atoms with Crippen molar-refractivity contribution < 1.29 is 4.79 Å². The first-order valence-corrected chi connectivity index (χ1v) is 8.03. The van der Waals surface area contributed by atoms with Gasteiger partial charge in [-0.2, -0.15) is 0 Å². The molecule has 0 saturated heterocycles. The van der Waals surface area contributed by atoms with Crippen LogP contribution in [-0.4, -0.2) is 16.8 Å². The van der Waals surface area contributed by atoms with Gasteiger partial charge in [0.05, 0.1) is 0 Å². The number of amides is 1. The molecule has 0 aromatic carbocycles. The van der Waals surface area contributed by atoms with Crippen LogP contribution in [0.15, 0.2) is 0 Å². The van der Waals surface area contributed by atoms with Crippen LogP contribution in [0.2, 0.25) is 0 Å². The van der Waals surface area contributed by atoms with Crippen molar-refractivity contribution in [1.29, 1.82) is 0 Å². The number of nitrogens with one attached hydrogen (secondary N) is 1. The van der Waals surface area contributed by atoms with Crippen LogP contribution >= 0.6 is 15.9 Å². The molecule has 0 aromatic rings. The fraction of sp³-hybridized carbons (Fsp3) is 0.929. The Kier molecular flexibility index (Phi) is 8.93. The molecule has 3 heteroatoms. The van der Waals surface area contributed by atoms with Crippen molar-refractivity contribution in [2.75, 3.05) is 5.33 Å². The average molecular weight is 306 g/mol. The van der Waals surface area contributed by atoms with E-state index in [1.165, 1.54) is 0 Å². The predicted octanol–water partition coefficient (Wildman–Crippen LogP) is 4.27. The standard InChI is InChI=1S/C14H28BrNO/c1-5-8-12(9-6-2)13(17)16-14(4,7-3)10-11-15/h12H,5-11H2,1-4H3,(H,16,17). The molecule has 0 saturated carbocycles. The number of halogens is 1. The van der Waals surface area contributed by atoms with E-state index in [0.29, 0.717) is 0 Å². The number of alkyl halides is 1. The third kappa shape index (κ3) is 6.44. The Balaban J connectivity index is 4.44. The molecule has 0 spiro atoms. The van der Waals surface area contributed by atoms with Gasteiger partial charge in [0.1, 0.15) is 0 Å². The molecule has 0 aromatic heterocycles. The van der Waals surface area contributed by atoms with E-state index in [9.17, 15) is 4.79 Å². The monoisotopic (exact) mass is 305 g/mol. The molecule has 0 radical (unpaired) electrons. The molecule has 1 N–H and O–H groups in total. The lowest BCUT2D eigenvalue weighted by Gasteiger charge is -2.31. The van der Waals surface area contributed by atoms with E-state index >= 15 is 0 Å². The van der Waals surface area contributed by atoms with Gasteiger partial charge in [-0.3, -0.25) is 4.79 Å². The van der Waals surface area contributed by atoms with Crippen LogP contribution in [0, 0.1) is 5.92 Å². The van der Waals surface area contributed by atoms with Gasteiger partial charge in [-0.1, -0.05) is 49.5 Å². The van der Waals surface area contributed by atoms with Crippen LogP contribution in [0.25, 0.3) is 0 Å². The van der Waals surface area contributed by atoms with E-state index in [0.717, 1.165) is 43.9 Å². The highest BCUT2D eigenvalue weighted by molar-refractivity contribution is 9.09. The fourth-order valence-corrected chi connectivity index (χ4v) is 2.91. The number of carbonyl (C=O) groups excluding carboxylic acids is 1. The Morgan fingerprint density at radius 2 is 1.76 bits per heavy atom. The zero-order valence-electron chi connectivity index (χ0n) is 11.8. The Morgan fingerprint density at radius 1 is 1.24 bits per heavy atom. The summed E-state index contributed by atoms with van der Waals surface area (Å²) >= 11 is 3.46. The fourth-order valence-electron chi connectivity index (χ4n) is 2.04. The molecule has 0 aliphatic heterocycles. The molecule has 0 bridgehead atoms. The molecular weight excluding hydrogens is 278 g/mol. The molecule has 1 atom stereocenters. The maximum absolute atomic E-state index is 12.2. The molecule has 0 aliphatic carbocycles. The lowest BCUT2D eigenvalue weighted by Crippen LogP contribution is -2.48. The first-order valence-electron chi connectivity index (χ1n) is 6.90. The lowest BCUT2D eigenvalue weighted by atomic mass is 9.92. The number of hydrogen-bond donors (Lipinski definition) is 1. The Labute approximate surface area is 115 Å². The first-order chi connectivity index (χ1) is 8.02. The van der Waals surface area contributed by atoms with Crippen molar-refractivity contribution >= 4 is 21.8 Å². The highest BCUT2D eigenvalue weighted by atomic mass is 79.9. The summed E-state index contributed by atoms with van der Waals surface area (Å²) in [5, 5.41) is 4.18. The smallest absolute Gasteiger partial charge is 0.223 e. The van der Waals surface area contributed by atoms with E-state index in [-0.39, 0.29) is 17.4 Å². The van der Waals surface area contributed by atoms with Gasteiger partial charge in [-0.05, 0) is 32.6 Å². The van der Waals surface area contributed by atoms with Gasteiger partial charge in [0.25, 0.3) is 0 Å². The quantitative estimate of drug-likeness (QED) is 0.633. The van der Waals surface area contributed by atoms with E-state index in [2.05, 4.69) is 48.9 Å². The summed E-state index contributed by atoms with van der Waals surface area (Å²) in [6, 6.07) is 0. The molecule has 17 heavy (non-hydrogen) atoms. The maximum atomic E-state index is 12.2. The number of rotatable bonds is 9. The second-order valence-electron chi connectivity index (χ2n) is 5.12. The summed E-state index contributed by atoms with van der Waals surface area (Å²) in [5.41, 5.74) is -0.0552. The summed E-state index contributed by atoms with van der Waals surface area (Å²) < 4.78 is 0. The van der Waals surface area contributed by atoms with E-state index in [4.69, 9.17) is 0 Å². The Bertz CT molecular complexity index is 214. The van der Waals surface area contributed by atoms with Gasteiger partial charge >= 0.3 is 0 Å². The minimum Gasteiger partial charge on any atom is -0.351 e. The maximum Gasteiger partial charge on any atom is 0.223 e. The molecule has 1 unspecified atom stereocenters. The van der Waals surface area contributed by atoms with Crippen LogP contribution < -0.4 is 5.32 Å². The molecule has 102 valence electrons. The summed E-state index contributed by atoms with van der Waals surface area (Å²) in [6.45, 7) is 8.57. The zero-order valence-corrected chi connectivity index (χ0v) is 13.4. The largest absolute Gasteiger partial charge is 0.351 e. The molecule has 1 amide bonds. The average Bonchev–Trinajstić information content (AvgIpc) is 2.29. The van der Waals surface area contributed by atoms with Gasteiger partial charge in [0, 0.05) is 16.8 Å². The van der Waals surface area contributed by atoms with Crippen molar-refractivity contribution in [3.05, 3.63) is 0 Å². The van der Waals surface area contributed by atoms with Crippen LogP contribution in [0.5, 0.6) is 0 Å². The van der Waals surface area contributed by atoms with Crippen molar-refractivity contribution in [3.63, 3.8) is 0 Å². The van der Waals surface area contributed by atoms with Crippen LogP contribution in [0.1, 0.15) is 66.2 Å². The summed E-state index contributed by atoms with van der Waals surface area (Å²) in [6.07, 6.45) is 6.15. The normalized spacial score (nSPS) is 14.7. The minimum absolute atomic E-state index is 0.0552. The second kappa shape index (κ2) is 8.96. The topological polar surface area (TPSA) is 29.1 Å². The molecule has 0 aliphatic rings. The number of carbonyl (C=O) groups is 1. The van der Waals surface area contributed by atoms with Crippen LogP contribution in [0.3, 0.4) is 0 Å². The van der Waals surface area contributed by atoms with E-state index in [1.807, 2.05) is 0 Å². The second-order valence-corrected chi connectivity index (χ2v) is 5.91. The Hall–Kier alpha value is -0.0500. The van der Waals surface area contributed by atoms with Gasteiger partial charge in [-0.15, -0.1) is 0 Å². The highest BCUT2D eigenvalue weighted by Gasteiger charge is 2.26.